The van der Waals surface area contributed by atoms with Crippen LogP contribution in [0.1, 0.15) is 26.9 Å². The van der Waals surface area contributed by atoms with Gasteiger partial charge in [0.1, 0.15) is 5.75 Å². The standard InChI is InChI=1S/C22H24N2O2S2/c1-26-17-6-4-16(5-7-17)8-11-23-21(25)15-24-12-9-19-18(10-14-28-19)22(24)20-3-2-13-27-20/h2-7,10,13-14,22H,8-9,11-12,15H2,1H3,(H,23,25)/t22-/m1/s1. The van der Waals surface area contributed by atoms with E-state index in [0.717, 1.165) is 25.1 Å². The molecule has 0 fully saturated rings. The van der Waals surface area contributed by atoms with Crippen molar-refractivity contribution >= 4 is 28.6 Å². The summed E-state index contributed by atoms with van der Waals surface area (Å²) in [4.78, 5) is 17.7. The third-order valence-corrected chi connectivity index (χ3v) is 7.04. The monoisotopic (exact) mass is 412 g/mol. The second kappa shape index (κ2) is 8.90. The van der Waals surface area contributed by atoms with Gasteiger partial charge in [-0.2, -0.15) is 0 Å². The fourth-order valence-electron chi connectivity index (χ4n) is 3.70. The Bertz CT molecular complexity index is 903. The van der Waals surface area contributed by atoms with E-state index in [2.05, 4.69) is 39.2 Å². The quantitative estimate of drug-likeness (QED) is 0.635. The van der Waals surface area contributed by atoms with Gasteiger partial charge in [-0.1, -0.05) is 18.2 Å². The Balaban J connectivity index is 1.35. The summed E-state index contributed by atoms with van der Waals surface area (Å²) < 4.78 is 5.18. The van der Waals surface area contributed by atoms with E-state index in [1.165, 1.54) is 20.9 Å². The minimum Gasteiger partial charge on any atom is -0.497 e. The van der Waals surface area contributed by atoms with Crippen molar-refractivity contribution in [2.45, 2.75) is 18.9 Å². The minimum absolute atomic E-state index is 0.0914. The Morgan fingerprint density at radius 3 is 2.79 bits per heavy atom. The van der Waals surface area contributed by atoms with Gasteiger partial charge in [0.25, 0.3) is 0 Å². The summed E-state index contributed by atoms with van der Waals surface area (Å²) in [5, 5.41) is 7.37. The highest BCUT2D eigenvalue weighted by atomic mass is 32.1. The molecule has 1 N–H and O–H groups in total. The molecule has 0 aliphatic carbocycles. The predicted octanol–water partition coefficient (Wildman–Crippen LogP) is 4.12. The van der Waals surface area contributed by atoms with Crippen LogP contribution in [0.4, 0.5) is 0 Å². The predicted molar refractivity (Wildman–Crippen MR) is 115 cm³/mol. The fourth-order valence-corrected chi connectivity index (χ4v) is 5.48. The average Bonchev–Trinajstić information content (AvgIpc) is 3.40. The molecule has 0 spiro atoms. The molecular weight excluding hydrogens is 388 g/mol. The van der Waals surface area contributed by atoms with E-state index in [-0.39, 0.29) is 11.9 Å². The third-order valence-electron chi connectivity index (χ3n) is 5.12. The number of hydrogen-bond donors (Lipinski definition) is 1. The Labute approximate surface area is 173 Å². The highest BCUT2D eigenvalue weighted by Crippen LogP contribution is 2.39. The number of thiophene rings is 2. The number of rotatable bonds is 7. The van der Waals surface area contributed by atoms with Gasteiger partial charge >= 0.3 is 0 Å². The number of nitrogens with one attached hydrogen (secondary N) is 1. The Morgan fingerprint density at radius 1 is 1.18 bits per heavy atom. The number of benzene rings is 1. The maximum atomic E-state index is 12.6. The molecule has 0 bridgehead atoms. The van der Waals surface area contributed by atoms with Gasteiger partial charge < -0.3 is 10.1 Å². The van der Waals surface area contributed by atoms with E-state index >= 15 is 0 Å². The van der Waals surface area contributed by atoms with Gasteiger partial charge in [0.2, 0.25) is 5.91 Å². The van der Waals surface area contributed by atoms with Crippen LogP contribution in [0.25, 0.3) is 0 Å². The molecule has 0 radical (unpaired) electrons. The molecule has 0 unspecified atom stereocenters. The number of nitrogens with zero attached hydrogens (tertiary/aromatic N) is 1. The molecule has 1 atom stereocenters. The second-order valence-corrected chi connectivity index (χ2v) is 8.87. The van der Waals surface area contributed by atoms with Crippen molar-refractivity contribution in [3.63, 3.8) is 0 Å². The lowest BCUT2D eigenvalue weighted by Crippen LogP contribution is -2.42. The largest absolute Gasteiger partial charge is 0.497 e. The van der Waals surface area contributed by atoms with Gasteiger partial charge in [-0.05, 0) is 59.0 Å². The first-order chi connectivity index (χ1) is 13.7. The van der Waals surface area contributed by atoms with Crippen molar-refractivity contribution < 1.29 is 9.53 Å². The molecule has 2 aromatic heterocycles. The van der Waals surface area contributed by atoms with Crippen LogP contribution in [-0.2, 0) is 17.6 Å². The van der Waals surface area contributed by atoms with Crippen molar-refractivity contribution in [3.05, 3.63) is 74.1 Å². The summed E-state index contributed by atoms with van der Waals surface area (Å²) >= 11 is 3.60. The van der Waals surface area contributed by atoms with Crippen LogP contribution in [0.15, 0.2) is 53.2 Å². The molecule has 0 saturated carbocycles. The SMILES string of the molecule is COc1ccc(CCNC(=O)CN2CCc3sccc3[C@@H]2c2cccs2)cc1. The third kappa shape index (κ3) is 4.29. The van der Waals surface area contributed by atoms with Crippen LogP contribution in [0.2, 0.25) is 0 Å². The van der Waals surface area contributed by atoms with Gasteiger partial charge in [0, 0.05) is 22.8 Å². The van der Waals surface area contributed by atoms with Gasteiger partial charge in [-0.15, -0.1) is 22.7 Å². The molecule has 3 aromatic rings. The molecule has 28 heavy (non-hydrogen) atoms. The first kappa shape index (κ1) is 19.2. The summed E-state index contributed by atoms with van der Waals surface area (Å²) in [6.07, 6.45) is 1.84. The van der Waals surface area contributed by atoms with Crippen LogP contribution in [0, 0.1) is 0 Å². The number of methoxy groups -OCH3 is 1. The number of hydrogen-bond acceptors (Lipinski definition) is 5. The topological polar surface area (TPSA) is 41.6 Å². The van der Waals surface area contributed by atoms with Crippen LogP contribution >= 0.6 is 22.7 Å². The van der Waals surface area contributed by atoms with E-state index in [0.29, 0.717) is 13.1 Å². The molecular formula is C22H24N2O2S2. The molecule has 4 rings (SSSR count). The maximum Gasteiger partial charge on any atom is 0.234 e. The van der Waals surface area contributed by atoms with E-state index in [9.17, 15) is 4.79 Å². The lowest BCUT2D eigenvalue weighted by Gasteiger charge is -2.34. The summed E-state index contributed by atoms with van der Waals surface area (Å²) in [7, 11) is 1.67. The Hall–Kier alpha value is -2.15. The summed E-state index contributed by atoms with van der Waals surface area (Å²) in [6, 6.07) is 14.7. The summed E-state index contributed by atoms with van der Waals surface area (Å²) in [5.41, 5.74) is 2.56. The number of amides is 1. The van der Waals surface area contributed by atoms with Gasteiger partial charge in [0.05, 0.1) is 19.7 Å². The van der Waals surface area contributed by atoms with Crippen molar-refractivity contribution in [2.24, 2.45) is 0 Å². The summed E-state index contributed by atoms with van der Waals surface area (Å²) in [5.74, 6) is 0.944. The Kier molecular flexibility index (Phi) is 6.10. The zero-order valence-electron chi connectivity index (χ0n) is 15.9. The van der Waals surface area contributed by atoms with Crippen molar-refractivity contribution in [1.29, 1.82) is 0 Å². The number of fused-ring (bicyclic) bond motifs is 1. The fraction of sp³-hybridized carbons (Fsp3) is 0.318. The highest BCUT2D eigenvalue weighted by molar-refractivity contribution is 7.10. The second-order valence-electron chi connectivity index (χ2n) is 6.89. The maximum absolute atomic E-state index is 12.6. The molecule has 0 saturated heterocycles. The molecule has 1 aromatic carbocycles. The molecule has 146 valence electrons. The van der Waals surface area contributed by atoms with Gasteiger partial charge in [0.15, 0.2) is 0 Å². The average molecular weight is 413 g/mol. The first-order valence-corrected chi connectivity index (χ1v) is 11.2. The van der Waals surface area contributed by atoms with Crippen LogP contribution in [0.5, 0.6) is 5.75 Å². The number of carbonyl (C=O) groups is 1. The smallest absolute Gasteiger partial charge is 0.234 e. The van der Waals surface area contributed by atoms with E-state index in [4.69, 9.17) is 4.74 Å². The molecule has 3 heterocycles. The molecule has 4 nitrogen and oxygen atoms in total. The molecule has 1 amide bonds. The molecule has 1 aliphatic rings. The summed E-state index contributed by atoms with van der Waals surface area (Å²) in [6.45, 7) is 1.99. The zero-order chi connectivity index (χ0) is 19.3. The van der Waals surface area contributed by atoms with Crippen molar-refractivity contribution in [2.75, 3.05) is 26.7 Å². The normalized spacial score (nSPS) is 16.5. The number of ether oxygens (including phenoxy) is 1. The minimum atomic E-state index is 0.0914. The number of carbonyl (C=O) groups excluding carboxylic acids is 1. The van der Waals surface area contributed by atoms with Crippen LogP contribution < -0.4 is 10.1 Å². The molecule has 6 heteroatoms. The Morgan fingerprint density at radius 2 is 2.04 bits per heavy atom. The van der Waals surface area contributed by atoms with Crippen molar-refractivity contribution in [3.8, 4) is 5.75 Å². The lowest BCUT2D eigenvalue weighted by molar-refractivity contribution is -0.122. The zero-order valence-corrected chi connectivity index (χ0v) is 17.5. The van der Waals surface area contributed by atoms with Gasteiger partial charge in [-0.3, -0.25) is 9.69 Å². The lowest BCUT2D eigenvalue weighted by atomic mass is 9.98. The molecule has 1 aliphatic heterocycles. The van der Waals surface area contributed by atoms with E-state index in [1.807, 2.05) is 35.6 Å². The van der Waals surface area contributed by atoms with E-state index in [1.54, 1.807) is 18.4 Å². The van der Waals surface area contributed by atoms with Crippen LogP contribution in [0.3, 0.4) is 0 Å². The van der Waals surface area contributed by atoms with Gasteiger partial charge in [-0.25, -0.2) is 0 Å². The van der Waals surface area contributed by atoms with Crippen molar-refractivity contribution in [1.82, 2.24) is 10.2 Å². The van der Waals surface area contributed by atoms with E-state index < -0.39 is 0 Å². The van der Waals surface area contributed by atoms with Crippen LogP contribution in [-0.4, -0.2) is 37.6 Å². The highest BCUT2D eigenvalue weighted by Gasteiger charge is 2.31. The first-order valence-electron chi connectivity index (χ1n) is 9.48.